The number of ether oxygens (including phenoxy) is 1. The summed E-state index contributed by atoms with van der Waals surface area (Å²) in [7, 11) is 0. The first-order valence-electron chi connectivity index (χ1n) is 9.80. The molecule has 2 heterocycles. The number of rotatable bonds is 5. The smallest absolute Gasteiger partial charge is 0.407 e. The average molecular weight is 423 g/mol. The van der Waals surface area contributed by atoms with Crippen molar-refractivity contribution in [2.24, 2.45) is 0 Å². The molecule has 0 unspecified atom stereocenters. The van der Waals surface area contributed by atoms with Gasteiger partial charge in [0.25, 0.3) is 5.91 Å². The highest BCUT2D eigenvalue weighted by atomic mass is 32.1. The third-order valence-electron chi connectivity index (χ3n) is 5.00. The minimum atomic E-state index is -0.875. The van der Waals surface area contributed by atoms with E-state index in [-0.39, 0.29) is 12.0 Å². The van der Waals surface area contributed by atoms with Gasteiger partial charge in [-0.05, 0) is 42.0 Å². The van der Waals surface area contributed by atoms with Crippen molar-refractivity contribution >= 4 is 29.0 Å². The highest BCUT2D eigenvalue weighted by Crippen LogP contribution is 2.31. The number of thiophene rings is 1. The fourth-order valence-corrected chi connectivity index (χ4v) is 4.31. The number of benzene rings is 2. The fraction of sp³-hybridized carbons (Fsp3) is 0.217. The van der Waals surface area contributed by atoms with E-state index in [1.165, 1.54) is 16.2 Å². The molecule has 1 aliphatic heterocycles. The van der Waals surface area contributed by atoms with E-state index in [9.17, 15) is 9.59 Å². The highest BCUT2D eigenvalue weighted by Gasteiger charge is 2.23. The molecule has 6 nitrogen and oxygen atoms in total. The number of nitrogens with one attached hydrogen (secondary N) is 1. The van der Waals surface area contributed by atoms with Gasteiger partial charge in [-0.15, -0.1) is 11.3 Å². The predicted octanol–water partition coefficient (Wildman–Crippen LogP) is 5.19. The van der Waals surface area contributed by atoms with Crippen LogP contribution in [-0.4, -0.2) is 41.2 Å². The molecule has 2 N–H and O–H groups in total. The van der Waals surface area contributed by atoms with Gasteiger partial charge in [0.2, 0.25) is 0 Å². The van der Waals surface area contributed by atoms with E-state index in [1.54, 1.807) is 0 Å². The first kappa shape index (κ1) is 20.0. The molecule has 2 aromatic carbocycles. The van der Waals surface area contributed by atoms with Gasteiger partial charge in [0, 0.05) is 36.5 Å². The minimum Gasteiger partial charge on any atom is -0.490 e. The number of likely N-dealkylation sites (tertiary alicyclic amines) is 1. The molecule has 1 aromatic heterocycles. The summed E-state index contributed by atoms with van der Waals surface area (Å²) in [5.41, 5.74) is 1.75. The zero-order chi connectivity index (χ0) is 20.9. The topological polar surface area (TPSA) is 78.9 Å². The molecule has 1 fully saturated rings. The number of anilines is 1. The van der Waals surface area contributed by atoms with Crippen LogP contribution in [0.25, 0.3) is 10.4 Å². The van der Waals surface area contributed by atoms with Crippen LogP contribution in [0, 0.1) is 0 Å². The second kappa shape index (κ2) is 9.00. The molecule has 30 heavy (non-hydrogen) atoms. The van der Waals surface area contributed by atoms with Crippen LogP contribution in [0.3, 0.4) is 0 Å². The molecule has 2 amide bonds. The van der Waals surface area contributed by atoms with Crippen LogP contribution in [0.15, 0.2) is 66.7 Å². The second-order valence-electron chi connectivity index (χ2n) is 7.10. The van der Waals surface area contributed by atoms with Crippen molar-refractivity contribution in [1.29, 1.82) is 0 Å². The first-order chi connectivity index (χ1) is 14.6. The molecule has 0 spiro atoms. The van der Waals surface area contributed by atoms with E-state index >= 15 is 0 Å². The Kier molecular flexibility index (Phi) is 5.99. The summed E-state index contributed by atoms with van der Waals surface area (Å²) in [5, 5.41) is 12.0. The van der Waals surface area contributed by atoms with Crippen LogP contribution >= 0.6 is 11.3 Å². The third-order valence-corrected chi connectivity index (χ3v) is 6.13. The van der Waals surface area contributed by atoms with Crippen molar-refractivity contribution < 1.29 is 19.4 Å². The number of amides is 2. The monoisotopic (exact) mass is 422 g/mol. The lowest BCUT2D eigenvalue weighted by molar-refractivity contribution is 0.0894. The number of para-hydroxylation sites is 1. The van der Waals surface area contributed by atoms with Gasteiger partial charge in [-0.25, -0.2) is 4.79 Å². The van der Waals surface area contributed by atoms with E-state index in [0.29, 0.717) is 30.8 Å². The van der Waals surface area contributed by atoms with Crippen molar-refractivity contribution in [1.82, 2.24) is 4.90 Å². The van der Waals surface area contributed by atoms with Crippen molar-refractivity contribution in [3.8, 4) is 16.2 Å². The van der Waals surface area contributed by atoms with E-state index in [1.807, 2.05) is 66.7 Å². The standard InChI is InChI=1S/C23H22N2O4S/c26-22(24-17-6-2-1-3-7-17)21-10-9-20(30-21)16-5-4-8-19(15-16)29-18-11-13-25(14-12-18)23(27)28/h1-10,15,18H,11-14H2,(H,24,26)(H,27,28). The van der Waals surface area contributed by atoms with Gasteiger partial charge in [0.05, 0.1) is 4.88 Å². The number of hydrogen-bond donors (Lipinski definition) is 2. The van der Waals surface area contributed by atoms with Gasteiger partial charge in [-0.3, -0.25) is 4.79 Å². The maximum absolute atomic E-state index is 12.5. The Balaban J connectivity index is 1.41. The summed E-state index contributed by atoms with van der Waals surface area (Å²) in [5.74, 6) is 0.625. The molecule has 0 saturated carbocycles. The number of carbonyl (C=O) groups is 2. The van der Waals surface area contributed by atoms with Crippen LogP contribution < -0.4 is 10.1 Å². The molecule has 7 heteroatoms. The first-order valence-corrected chi connectivity index (χ1v) is 10.6. The van der Waals surface area contributed by atoms with Crippen LogP contribution in [0.2, 0.25) is 0 Å². The summed E-state index contributed by atoms with van der Waals surface area (Å²) >= 11 is 1.43. The van der Waals surface area contributed by atoms with Gasteiger partial charge in [0.15, 0.2) is 0 Å². The normalized spacial score (nSPS) is 14.3. The highest BCUT2D eigenvalue weighted by molar-refractivity contribution is 7.17. The molecule has 4 rings (SSSR count). The Bertz CT molecular complexity index is 1030. The predicted molar refractivity (Wildman–Crippen MR) is 117 cm³/mol. The van der Waals surface area contributed by atoms with E-state index in [4.69, 9.17) is 9.84 Å². The lowest BCUT2D eigenvalue weighted by atomic mass is 10.1. The Morgan fingerprint density at radius 2 is 1.77 bits per heavy atom. The van der Waals surface area contributed by atoms with E-state index in [2.05, 4.69) is 5.32 Å². The van der Waals surface area contributed by atoms with Gasteiger partial charge in [0.1, 0.15) is 11.9 Å². The van der Waals surface area contributed by atoms with Gasteiger partial charge in [-0.2, -0.15) is 0 Å². The lowest BCUT2D eigenvalue weighted by Gasteiger charge is -2.30. The van der Waals surface area contributed by atoms with Gasteiger partial charge in [-0.1, -0.05) is 30.3 Å². The molecule has 154 valence electrons. The Hall–Kier alpha value is -3.32. The quantitative estimate of drug-likeness (QED) is 0.593. The largest absolute Gasteiger partial charge is 0.490 e. The average Bonchev–Trinajstić information content (AvgIpc) is 3.26. The van der Waals surface area contributed by atoms with Gasteiger partial charge < -0.3 is 20.1 Å². The van der Waals surface area contributed by atoms with Crippen LogP contribution in [0.1, 0.15) is 22.5 Å². The SMILES string of the molecule is O=C(Nc1ccccc1)c1ccc(-c2cccc(OC3CCN(C(=O)O)CC3)c2)s1. The Morgan fingerprint density at radius 3 is 2.50 bits per heavy atom. The summed E-state index contributed by atoms with van der Waals surface area (Å²) in [6.45, 7) is 0.981. The number of piperidine rings is 1. The number of hydrogen-bond acceptors (Lipinski definition) is 4. The maximum atomic E-state index is 12.5. The summed E-state index contributed by atoms with van der Waals surface area (Å²) in [4.78, 5) is 26.6. The molecule has 1 saturated heterocycles. The Morgan fingerprint density at radius 1 is 1.00 bits per heavy atom. The van der Waals surface area contributed by atoms with Gasteiger partial charge >= 0.3 is 6.09 Å². The molecule has 3 aromatic rings. The van der Waals surface area contributed by atoms with E-state index < -0.39 is 6.09 Å². The van der Waals surface area contributed by atoms with Crippen LogP contribution in [0.5, 0.6) is 5.75 Å². The van der Waals surface area contributed by atoms with Crippen molar-refractivity contribution in [3.63, 3.8) is 0 Å². The van der Waals surface area contributed by atoms with Crippen LogP contribution in [0.4, 0.5) is 10.5 Å². The summed E-state index contributed by atoms with van der Waals surface area (Å²) in [6, 6.07) is 20.9. The second-order valence-corrected chi connectivity index (χ2v) is 8.18. The molecular weight excluding hydrogens is 400 g/mol. The minimum absolute atomic E-state index is 0.00592. The molecule has 0 atom stereocenters. The number of nitrogens with zero attached hydrogens (tertiary/aromatic N) is 1. The number of carbonyl (C=O) groups excluding carboxylic acids is 1. The Labute approximate surface area is 178 Å². The molecule has 1 aliphatic rings. The lowest BCUT2D eigenvalue weighted by Crippen LogP contribution is -2.41. The van der Waals surface area contributed by atoms with Crippen LogP contribution in [-0.2, 0) is 0 Å². The fourth-order valence-electron chi connectivity index (χ4n) is 3.41. The molecular formula is C23H22N2O4S. The van der Waals surface area contributed by atoms with Crippen molar-refractivity contribution in [2.75, 3.05) is 18.4 Å². The number of carboxylic acid groups (broad SMARTS) is 1. The molecule has 0 aliphatic carbocycles. The summed E-state index contributed by atoms with van der Waals surface area (Å²) < 4.78 is 6.08. The van der Waals surface area contributed by atoms with Crippen molar-refractivity contribution in [2.45, 2.75) is 18.9 Å². The molecule has 0 bridgehead atoms. The summed E-state index contributed by atoms with van der Waals surface area (Å²) in [6.07, 6.45) is 0.491. The zero-order valence-corrected chi connectivity index (χ0v) is 17.1. The molecule has 0 radical (unpaired) electrons. The van der Waals surface area contributed by atoms with Crippen molar-refractivity contribution in [3.05, 3.63) is 71.6 Å². The zero-order valence-electron chi connectivity index (χ0n) is 16.3. The third kappa shape index (κ3) is 4.80. The van der Waals surface area contributed by atoms with E-state index in [0.717, 1.165) is 21.9 Å². The maximum Gasteiger partial charge on any atom is 0.407 e.